The van der Waals surface area contributed by atoms with Crippen molar-refractivity contribution >= 4 is 29.0 Å². The van der Waals surface area contributed by atoms with Crippen molar-refractivity contribution in [3.8, 4) is 11.1 Å². The second kappa shape index (κ2) is 12.4. The van der Waals surface area contributed by atoms with Crippen LogP contribution < -0.4 is 16.4 Å². The van der Waals surface area contributed by atoms with E-state index in [1.54, 1.807) is 18.5 Å². The molecule has 1 aliphatic heterocycles. The van der Waals surface area contributed by atoms with Crippen LogP contribution in [0.4, 0.5) is 17.2 Å². The number of hydrogen-bond donors (Lipinski definition) is 3. The van der Waals surface area contributed by atoms with E-state index in [0.29, 0.717) is 36.0 Å². The van der Waals surface area contributed by atoms with Crippen LogP contribution in [-0.4, -0.2) is 39.8 Å². The molecule has 0 saturated carbocycles. The molecule has 1 saturated heterocycles. The van der Waals surface area contributed by atoms with Gasteiger partial charge in [-0.3, -0.25) is 14.6 Å². The van der Waals surface area contributed by atoms with Crippen LogP contribution in [0.1, 0.15) is 53.6 Å². The first-order chi connectivity index (χ1) is 19.5. The van der Waals surface area contributed by atoms with Crippen molar-refractivity contribution < 1.29 is 9.59 Å². The number of nitrogens with one attached hydrogen (secondary N) is 2. The van der Waals surface area contributed by atoms with Gasteiger partial charge in [-0.1, -0.05) is 37.3 Å². The highest BCUT2D eigenvalue weighted by molar-refractivity contribution is 5.98. The molecule has 0 bridgehead atoms. The molecule has 3 heterocycles. The average Bonchev–Trinajstić information content (AvgIpc) is 3.00. The molecule has 5 rings (SSSR count). The Bertz CT molecular complexity index is 1460. The molecule has 204 valence electrons. The predicted octanol–water partition coefficient (Wildman–Crippen LogP) is 5.71. The van der Waals surface area contributed by atoms with E-state index in [-0.39, 0.29) is 5.91 Å². The van der Waals surface area contributed by atoms with Crippen molar-refractivity contribution in [2.45, 2.75) is 38.6 Å². The molecule has 40 heavy (non-hydrogen) atoms. The van der Waals surface area contributed by atoms with E-state index in [1.165, 1.54) is 11.8 Å². The van der Waals surface area contributed by atoms with Gasteiger partial charge < -0.3 is 21.3 Å². The molecular formula is C32H34N6O2. The predicted molar refractivity (Wildman–Crippen MR) is 158 cm³/mol. The van der Waals surface area contributed by atoms with Gasteiger partial charge in [-0.2, -0.15) is 0 Å². The Morgan fingerprint density at radius 1 is 0.975 bits per heavy atom. The topological polar surface area (TPSA) is 113 Å². The van der Waals surface area contributed by atoms with Gasteiger partial charge in [0.1, 0.15) is 5.82 Å². The van der Waals surface area contributed by atoms with E-state index in [0.717, 1.165) is 48.3 Å². The molecule has 2 aromatic heterocycles. The van der Waals surface area contributed by atoms with Crippen LogP contribution in [0, 0.1) is 0 Å². The number of benzene rings is 2. The molecule has 0 radical (unpaired) electrons. The van der Waals surface area contributed by atoms with E-state index in [4.69, 9.17) is 5.73 Å². The van der Waals surface area contributed by atoms with Gasteiger partial charge in [0.05, 0.1) is 11.3 Å². The van der Waals surface area contributed by atoms with Gasteiger partial charge in [0.2, 0.25) is 5.91 Å². The molecule has 0 unspecified atom stereocenters. The summed E-state index contributed by atoms with van der Waals surface area (Å²) >= 11 is 0. The van der Waals surface area contributed by atoms with Crippen LogP contribution in [0.2, 0.25) is 0 Å². The van der Waals surface area contributed by atoms with Crippen molar-refractivity contribution in [3.63, 3.8) is 0 Å². The molecule has 1 aliphatic rings. The zero-order valence-corrected chi connectivity index (χ0v) is 22.6. The van der Waals surface area contributed by atoms with Crippen molar-refractivity contribution in [3.05, 3.63) is 102 Å². The summed E-state index contributed by atoms with van der Waals surface area (Å²) in [4.78, 5) is 34.5. The van der Waals surface area contributed by atoms with E-state index in [1.807, 2.05) is 48.2 Å². The van der Waals surface area contributed by atoms with Crippen LogP contribution in [0.5, 0.6) is 0 Å². The van der Waals surface area contributed by atoms with Gasteiger partial charge >= 0.3 is 0 Å². The fraction of sp³-hybridized carbons (Fsp3) is 0.250. The van der Waals surface area contributed by atoms with Gasteiger partial charge in [-0.15, -0.1) is 0 Å². The summed E-state index contributed by atoms with van der Waals surface area (Å²) in [5.74, 6) is 0.760. The number of anilines is 3. The Labute approximate surface area is 234 Å². The van der Waals surface area contributed by atoms with Crippen LogP contribution in [-0.2, 0) is 11.3 Å². The molecule has 2 aromatic carbocycles. The molecule has 2 amide bonds. The van der Waals surface area contributed by atoms with Crippen molar-refractivity contribution in [2.75, 3.05) is 23.7 Å². The van der Waals surface area contributed by atoms with Gasteiger partial charge in [-0.05, 0) is 71.3 Å². The third kappa shape index (κ3) is 6.46. The molecule has 8 heteroatoms. The number of carbonyl (C=O) groups excluding carboxylic acids is 2. The van der Waals surface area contributed by atoms with E-state index < -0.39 is 5.91 Å². The normalized spacial score (nSPS) is 13.6. The maximum absolute atomic E-state index is 12.1. The number of pyridine rings is 2. The van der Waals surface area contributed by atoms with E-state index in [9.17, 15) is 9.59 Å². The quantitative estimate of drug-likeness (QED) is 0.253. The van der Waals surface area contributed by atoms with Crippen LogP contribution in [0.15, 0.2) is 85.3 Å². The Balaban J connectivity index is 1.25. The first kappa shape index (κ1) is 26.9. The first-order valence-corrected chi connectivity index (χ1v) is 13.7. The van der Waals surface area contributed by atoms with Gasteiger partial charge in [-0.25, -0.2) is 4.98 Å². The maximum atomic E-state index is 12.1. The highest BCUT2D eigenvalue weighted by Crippen LogP contribution is 2.30. The summed E-state index contributed by atoms with van der Waals surface area (Å²) in [5, 5.41) is 6.70. The molecule has 4 aromatic rings. The highest BCUT2D eigenvalue weighted by Gasteiger charge is 2.22. The van der Waals surface area contributed by atoms with Gasteiger partial charge in [0, 0.05) is 56.4 Å². The van der Waals surface area contributed by atoms with Crippen LogP contribution in [0.25, 0.3) is 11.1 Å². The highest BCUT2D eigenvalue weighted by atomic mass is 16.2. The Morgan fingerprint density at radius 3 is 2.42 bits per heavy atom. The summed E-state index contributed by atoms with van der Waals surface area (Å²) in [6.45, 7) is 4.06. The molecule has 1 fully saturated rings. The van der Waals surface area contributed by atoms with Crippen molar-refractivity contribution in [2.24, 2.45) is 5.73 Å². The number of nitrogens with two attached hydrogens (primary N) is 1. The van der Waals surface area contributed by atoms with Crippen LogP contribution >= 0.6 is 0 Å². The molecule has 0 spiro atoms. The lowest BCUT2D eigenvalue weighted by molar-refractivity contribution is -0.131. The van der Waals surface area contributed by atoms with Crippen LogP contribution in [0.3, 0.4) is 0 Å². The fourth-order valence-corrected chi connectivity index (χ4v) is 5.14. The Kier molecular flexibility index (Phi) is 8.35. The number of hydrogen-bond acceptors (Lipinski definition) is 6. The molecule has 0 aliphatic carbocycles. The third-order valence-electron chi connectivity index (χ3n) is 7.40. The van der Waals surface area contributed by atoms with E-state index in [2.05, 4.69) is 44.9 Å². The number of amides is 2. The van der Waals surface area contributed by atoms with Crippen molar-refractivity contribution in [1.82, 2.24) is 14.9 Å². The number of likely N-dealkylation sites (tertiary alicyclic amines) is 1. The average molecular weight is 535 g/mol. The minimum absolute atomic E-state index is 0.236. The fourth-order valence-electron chi connectivity index (χ4n) is 5.14. The second-order valence-electron chi connectivity index (χ2n) is 10.0. The summed E-state index contributed by atoms with van der Waals surface area (Å²) < 4.78 is 0. The zero-order valence-electron chi connectivity index (χ0n) is 22.6. The lowest BCUT2D eigenvalue weighted by atomic mass is 9.89. The first-order valence-electron chi connectivity index (χ1n) is 13.7. The number of rotatable bonds is 9. The Hall–Kier alpha value is -4.72. The lowest BCUT2D eigenvalue weighted by Gasteiger charge is -2.32. The largest absolute Gasteiger partial charge is 0.380 e. The lowest BCUT2D eigenvalue weighted by Crippen LogP contribution is -2.37. The number of piperidine rings is 1. The second-order valence-corrected chi connectivity index (χ2v) is 10.0. The minimum Gasteiger partial charge on any atom is -0.380 e. The SMILES string of the molecule is CCC(=O)N1CCC(c2ccc(Nc3cc(NCc4cccc(-c5ccncc5)c4)c(C(N)=O)cn3)cc2)CC1. The van der Waals surface area contributed by atoms with Gasteiger partial charge in [0.15, 0.2) is 0 Å². The molecule has 0 atom stereocenters. The smallest absolute Gasteiger partial charge is 0.252 e. The molecular weight excluding hydrogens is 500 g/mol. The van der Waals surface area contributed by atoms with E-state index >= 15 is 0 Å². The maximum Gasteiger partial charge on any atom is 0.252 e. The summed E-state index contributed by atoms with van der Waals surface area (Å²) in [7, 11) is 0. The number of primary amides is 1. The van der Waals surface area contributed by atoms with Gasteiger partial charge in [0.25, 0.3) is 5.91 Å². The standard InChI is InChI=1S/C32H34N6O2/c1-2-31(39)38-16-12-25(13-17-38)23-6-8-27(9-7-23)37-30-19-29(28(21-36-30)32(33)40)35-20-22-4-3-5-26(18-22)24-10-14-34-15-11-24/h3-11,14-15,18-19,21,25H,2,12-13,16-17,20H2,1H3,(H2,33,40)(H2,35,36,37). The summed E-state index contributed by atoms with van der Waals surface area (Å²) in [6.07, 6.45) is 7.58. The Morgan fingerprint density at radius 2 is 1.73 bits per heavy atom. The number of nitrogens with zero attached hydrogens (tertiary/aromatic N) is 3. The zero-order chi connectivity index (χ0) is 27.9. The molecule has 8 nitrogen and oxygen atoms in total. The number of carbonyl (C=O) groups is 2. The minimum atomic E-state index is -0.539. The van der Waals surface area contributed by atoms with Crippen molar-refractivity contribution in [1.29, 1.82) is 0 Å². The number of aromatic nitrogens is 2. The monoisotopic (exact) mass is 534 g/mol. The summed E-state index contributed by atoms with van der Waals surface area (Å²) in [5.41, 5.74) is 12.0. The summed E-state index contributed by atoms with van der Waals surface area (Å²) in [6, 6.07) is 22.3. The molecule has 4 N–H and O–H groups in total. The third-order valence-corrected chi connectivity index (χ3v) is 7.40.